The lowest BCUT2D eigenvalue weighted by molar-refractivity contribution is 0.110. The third-order valence-corrected chi connectivity index (χ3v) is 4.23. The van der Waals surface area contributed by atoms with Crippen molar-refractivity contribution in [2.45, 2.75) is 44.6 Å². The van der Waals surface area contributed by atoms with Crippen molar-refractivity contribution in [1.29, 1.82) is 0 Å². The highest BCUT2D eigenvalue weighted by Crippen LogP contribution is 2.30. The van der Waals surface area contributed by atoms with Crippen molar-refractivity contribution in [3.8, 4) is 0 Å². The van der Waals surface area contributed by atoms with Gasteiger partial charge in [0.05, 0.1) is 6.61 Å². The van der Waals surface area contributed by atoms with E-state index in [1.807, 2.05) is 0 Å². The van der Waals surface area contributed by atoms with E-state index in [0.717, 1.165) is 31.7 Å². The molecule has 2 saturated carbocycles. The van der Waals surface area contributed by atoms with Gasteiger partial charge in [0.2, 0.25) is 0 Å². The second kappa shape index (κ2) is 6.06. The molecular formula is C17H25NO. The zero-order chi connectivity index (χ0) is 13.1. The molecule has 1 aromatic carbocycles. The van der Waals surface area contributed by atoms with Gasteiger partial charge >= 0.3 is 0 Å². The van der Waals surface area contributed by atoms with Gasteiger partial charge in [-0.15, -0.1) is 0 Å². The lowest BCUT2D eigenvalue weighted by Gasteiger charge is -2.20. The molecule has 2 fully saturated rings. The van der Waals surface area contributed by atoms with Gasteiger partial charge in [0.15, 0.2) is 0 Å². The summed E-state index contributed by atoms with van der Waals surface area (Å²) < 4.78 is 5.94. The number of benzene rings is 1. The summed E-state index contributed by atoms with van der Waals surface area (Å²) in [6.07, 6.45) is 5.44. The monoisotopic (exact) mass is 259 g/mol. The summed E-state index contributed by atoms with van der Waals surface area (Å²) in [5.74, 6) is 1.36. The highest BCUT2D eigenvalue weighted by molar-refractivity contribution is 5.29. The summed E-state index contributed by atoms with van der Waals surface area (Å²) in [5.41, 5.74) is 2.84. The second-order valence-electron chi connectivity index (χ2n) is 6.22. The Labute approximate surface area is 116 Å². The number of nitrogens with one attached hydrogen (secondary N) is 1. The summed E-state index contributed by atoms with van der Waals surface area (Å²) >= 11 is 0. The van der Waals surface area contributed by atoms with E-state index >= 15 is 0 Å². The van der Waals surface area contributed by atoms with E-state index in [1.54, 1.807) is 0 Å². The average Bonchev–Trinajstić information content (AvgIpc) is 3.28. The minimum atomic E-state index is 0.501. The van der Waals surface area contributed by atoms with Crippen LogP contribution in [0.15, 0.2) is 24.3 Å². The van der Waals surface area contributed by atoms with Crippen LogP contribution in [0.25, 0.3) is 0 Å². The fraction of sp³-hybridized carbons (Fsp3) is 0.647. The zero-order valence-electron chi connectivity index (χ0n) is 11.9. The normalized spacial score (nSPS) is 20.5. The predicted molar refractivity (Wildman–Crippen MR) is 78.5 cm³/mol. The van der Waals surface area contributed by atoms with Crippen molar-refractivity contribution in [2.24, 2.45) is 5.92 Å². The van der Waals surface area contributed by atoms with E-state index < -0.39 is 0 Å². The maximum Gasteiger partial charge on any atom is 0.0547 e. The minimum absolute atomic E-state index is 0.501. The van der Waals surface area contributed by atoms with Gasteiger partial charge in [-0.2, -0.15) is 0 Å². The van der Waals surface area contributed by atoms with Crippen LogP contribution in [0, 0.1) is 12.8 Å². The molecule has 0 aliphatic heterocycles. The van der Waals surface area contributed by atoms with Gasteiger partial charge in [-0.25, -0.2) is 0 Å². The van der Waals surface area contributed by atoms with Crippen LogP contribution in [-0.4, -0.2) is 25.8 Å². The van der Waals surface area contributed by atoms with Crippen molar-refractivity contribution in [2.75, 3.05) is 19.8 Å². The van der Waals surface area contributed by atoms with Gasteiger partial charge in [-0.3, -0.25) is 0 Å². The fourth-order valence-corrected chi connectivity index (χ4v) is 2.56. The Balaban J connectivity index is 1.57. The first kappa shape index (κ1) is 13.1. The smallest absolute Gasteiger partial charge is 0.0547 e. The molecule has 1 unspecified atom stereocenters. The molecule has 0 radical (unpaired) electrons. The summed E-state index contributed by atoms with van der Waals surface area (Å²) in [5, 5.41) is 3.66. The summed E-state index contributed by atoms with van der Waals surface area (Å²) in [7, 11) is 0. The maximum atomic E-state index is 5.94. The standard InChI is InChI=1S/C17H25NO/c1-13-4-2-3-5-17(13)15(10-18-16-8-9-16)12-19-11-14-6-7-14/h2-5,14-16,18H,6-12H2,1H3. The molecule has 1 N–H and O–H groups in total. The Morgan fingerprint density at radius 1 is 1.21 bits per heavy atom. The number of hydrogen-bond acceptors (Lipinski definition) is 2. The molecule has 2 heteroatoms. The molecule has 104 valence electrons. The molecule has 0 spiro atoms. The first-order valence-corrected chi connectivity index (χ1v) is 7.69. The Morgan fingerprint density at radius 2 is 2.00 bits per heavy atom. The van der Waals surface area contributed by atoms with E-state index in [2.05, 4.69) is 36.5 Å². The Kier molecular flexibility index (Phi) is 4.19. The first-order chi connectivity index (χ1) is 9.33. The van der Waals surface area contributed by atoms with Gasteiger partial charge in [0.1, 0.15) is 0 Å². The molecule has 0 bridgehead atoms. The maximum absolute atomic E-state index is 5.94. The molecule has 0 saturated heterocycles. The van der Waals surface area contributed by atoms with Gasteiger partial charge < -0.3 is 10.1 Å². The lowest BCUT2D eigenvalue weighted by atomic mass is 9.95. The van der Waals surface area contributed by atoms with Crippen LogP contribution in [0.3, 0.4) is 0 Å². The molecule has 0 heterocycles. The lowest BCUT2D eigenvalue weighted by Crippen LogP contribution is -2.27. The largest absolute Gasteiger partial charge is 0.380 e. The number of hydrogen-bond donors (Lipinski definition) is 1. The van der Waals surface area contributed by atoms with E-state index in [-0.39, 0.29) is 0 Å². The fourth-order valence-electron chi connectivity index (χ4n) is 2.56. The van der Waals surface area contributed by atoms with Crippen LogP contribution in [0.1, 0.15) is 42.7 Å². The Morgan fingerprint density at radius 3 is 2.68 bits per heavy atom. The SMILES string of the molecule is Cc1ccccc1C(CNC1CC1)COCC1CC1. The van der Waals surface area contributed by atoms with Gasteiger partial charge in [-0.05, 0) is 49.7 Å². The molecule has 0 aromatic heterocycles. The van der Waals surface area contributed by atoms with Crippen molar-refractivity contribution in [3.63, 3.8) is 0 Å². The number of ether oxygens (including phenoxy) is 1. The molecule has 1 atom stereocenters. The van der Waals surface area contributed by atoms with Crippen LogP contribution >= 0.6 is 0 Å². The second-order valence-corrected chi connectivity index (χ2v) is 6.22. The van der Waals surface area contributed by atoms with Crippen LogP contribution in [0.4, 0.5) is 0 Å². The quantitative estimate of drug-likeness (QED) is 0.773. The molecular weight excluding hydrogens is 234 g/mol. The molecule has 2 aliphatic carbocycles. The van der Waals surface area contributed by atoms with Gasteiger partial charge in [0, 0.05) is 25.1 Å². The minimum Gasteiger partial charge on any atom is -0.380 e. The number of rotatable bonds is 8. The summed E-state index contributed by atoms with van der Waals surface area (Å²) in [6.45, 7) is 5.09. The summed E-state index contributed by atoms with van der Waals surface area (Å²) in [6, 6.07) is 9.51. The van der Waals surface area contributed by atoms with Crippen LogP contribution < -0.4 is 5.32 Å². The molecule has 2 aliphatic rings. The molecule has 0 amide bonds. The average molecular weight is 259 g/mol. The van der Waals surface area contributed by atoms with E-state index in [9.17, 15) is 0 Å². The van der Waals surface area contributed by atoms with Crippen molar-refractivity contribution in [1.82, 2.24) is 5.32 Å². The van der Waals surface area contributed by atoms with E-state index in [4.69, 9.17) is 4.74 Å². The molecule has 1 aromatic rings. The van der Waals surface area contributed by atoms with Crippen molar-refractivity contribution < 1.29 is 4.74 Å². The van der Waals surface area contributed by atoms with Crippen LogP contribution in [-0.2, 0) is 4.74 Å². The topological polar surface area (TPSA) is 21.3 Å². The third kappa shape index (κ3) is 4.05. The van der Waals surface area contributed by atoms with E-state index in [0.29, 0.717) is 5.92 Å². The third-order valence-electron chi connectivity index (χ3n) is 4.23. The van der Waals surface area contributed by atoms with E-state index in [1.165, 1.54) is 36.8 Å². The van der Waals surface area contributed by atoms with Crippen molar-refractivity contribution in [3.05, 3.63) is 35.4 Å². The highest BCUT2D eigenvalue weighted by Gasteiger charge is 2.25. The van der Waals surface area contributed by atoms with Crippen LogP contribution in [0.5, 0.6) is 0 Å². The van der Waals surface area contributed by atoms with Gasteiger partial charge in [0.25, 0.3) is 0 Å². The number of aryl methyl sites for hydroxylation is 1. The Bertz CT molecular complexity index is 409. The first-order valence-electron chi connectivity index (χ1n) is 7.69. The van der Waals surface area contributed by atoms with Crippen LogP contribution in [0.2, 0.25) is 0 Å². The molecule has 19 heavy (non-hydrogen) atoms. The zero-order valence-corrected chi connectivity index (χ0v) is 11.9. The van der Waals surface area contributed by atoms with Crippen molar-refractivity contribution >= 4 is 0 Å². The summed E-state index contributed by atoms with van der Waals surface area (Å²) in [4.78, 5) is 0. The van der Waals surface area contributed by atoms with Gasteiger partial charge in [-0.1, -0.05) is 24.3 Å². The highest BCUT2D eigenvalue weighted by atomic mass is 16.5. The molecule has 3 rings (SSSR count). The predicted octanol–water partition coefficient (Wildman–Crippen LogP) is 3.26. The molecule has 2 nitrogen and oxygen atoms in total. The Hall–Kier alpha value is -0.860.